The quantitative estimate of drug-likeness (QED) is 0.880. The highest BCUT2D eigenvalue weighted by Crippen LogP contribution is 2.39. The molecule has 0 fully saturated rings. The van der Waals surface area contributed by atoms with Gasteiger partial charge >= 0.3 is 5.97 Å². The van der Waals surface area contributed by atoms with Crippen LogP contribution in [0.25, 0.3) is 17.2 Å². The largest absolute Gasteiger partial charge is 0.482 e. The molecule has 1 N–H and O–H groups in total. The summed E-state index contributed by atoms with van der Waals surface area (Å²) in [5.74, 6) is -1.09. The third-order valence-electron chi connectivity index (χ3n) is 3.78. The number of fused-ring (bicyclic) bond motifs is 1. The summed E-state index contributed by atoms with van der Waals surface area (Å²) in [4.78, 5) is 11.3. The zero-order valence-corrected chi connectivity index (χ0v) is 13.1. The molecule has 2 aromatic rings. The normalized spacial score (nSPS) is 17.5. The summed E-state index contributed by atoms with van der Waals surface area (Å²) >= 11 is 6.28. The molecular weight excluding hydrogens is 338 g/mol. The predicted molar refractivity (Wildman–Crippen MR) is 87.8 cm³/mol. The first-order chi connectivity index (χ1) is 11.5. The van der Waals surface area contributed by atoms with Gasteiger partial charge in [-0.15, -0.1) is 0 Å². The average molecular weight is 351 g/mol. The number of carbonyl (C=O) groups is 1. The molecule has 6 heteroatoms. The molecule has 2 aromatic carbocycles. The number of ether oxygens (including phenoxy) is 1. The Balaban J connectivity index is 2.10. The molecule has 0 aliphatic carbocycles. The van der Waals surface area contributed by atoms with Gasteiger partial charge in [-0.25, -0.2) is 13.6 Å². The Labute approximate surface area is 142 Å². The van der Waals surface area contributed by atoms with Crippen LogP contribution in [0, 0.1) is 0 Å². The van der Waals surface area contributed by atoms with Gasteiger partial charge in [-0.3, -0.25) is 0 Å². The van der Waals surface area contributed by atoms with Crippen LogP contribution in [0.1, 0.15) is 5.56 Å². The van der Waals surface area contributed by atoms with E-state index in [1.807, 2.05) is 30.3 Å². The van der Waals surface area contributed by atoms with Gasteiger partial charge in [0, 0.05) is 16.1 Å². The lowest BCUT2D eigenvalue weighted by molar-refractivity contribution is -0.134. The lowest BCUT2D eigenvalue weighted by Crippen LogP contribution is -2.36. The van der Waals surface area contributed by atoms with E-state index in [4.69, 9.17) is 16.3 Å². The maximum absolute atomic E-state index is 13.8. The van der Waals surface area contributed by atoms with Crippen LogP contribution in [-0.2, 0) is 4.79 Å². The van der Waals surface area contributed by atoms with Crippen molar-refractivity contribution in [2.45, 2.75) is 12.3 Å². The lowest BCUT2D eigenvalue weighted by Gasteiger charge is -2.27. The second-order valence-corrected chi connectivity index (χ2v) is 5.76. The number of carboxylic acid groups (broad SMARTS) is 1. The highest BCUT2D eigenvalue weighted by atomic mass is 35.5. The molecule has 0 aromatic heterocycles. The number of halogens is 3. The van der Waals surface area contributed by atoms with Crippen molar-refractivity contribution < 1.29 is 23.4 Å². The number of rotatable bonds is 4. The topological polar surface area (TPSA) is 46.5 Å². The summed E-state index contributed by atoms with van der Waals surface area (Å²) in [6.45, 7) is -1.33. The first-order valence-electron chi connectivity index (χ1n) is 7.22. The molecule has 2 unspecified atom stereocenters. The van der Waals surface area contributed by atoms with Crippen LogP contribution >= 0.6 is 11.6 Å². The van der Waals surface area contributed by atoms with Gasteiger partial charge in [0.25, 0.3) is 0 Å². The maximum Gasteiger partial charge on any atom is 0.335 e. The van der Waals surface area contributed by atoms with Crippen molar-refractivity contribution in [3.05, 3.63) is 58.6 Å². The zero-order chi connectivity index (χ0) is 17.3. The Hall–Kier alpha value is -2.40. The molecule has 3 nitrogen and oxygen atoms in total. The van der Waals surface area contributed by atoms with Crippen LogP contribution in [0.4, 0.5) is 8.78 Å². The van der Waals surface area contributed by atoms with Crippen LogP contribution in [0.15, 0.2) is 48.0 Å². The number of hydrogen-bond donors (Lipinski definition) is 1. The second kappa shape index (κ2) is 6.61. The molecule has 24 heavy (non-hydrogen) atoms. The van der Waals surface area contributed by atoms with E-state index >= 15 is 0 Å². The number of carboxylic acids is 1. The van der Waals surface area contributed by atoms with Crippen molar-refractivity contribution in [1.29, 1.82) is 0 Å². The van der Waals surface area contributed by atoms with E-state index in [9.17, 15) is 18.7 Å². The van der Waals surface area contributed by atoms with Gasteiger partial charge in [0.15, 0.2) is 12.3 Å². The molecule has 0 radical (unpaired) electrons. The molecule has 0 amide bonds. The Kier molecular flexibility index (Phi) is 4.53. The number of alkyl halides is 2. The first-order valence-corrected chi connectivity index (χ1v) is 7.59. The van der Waals surface area contributed by atoms with Crippen LogP contribution in [0.3, 0.4) is 0 Å². The van der Waals surface area contributed by atoms with E-state index in [1.165, 1.54) is 6.08 Å². The summed E-state index contributed by atoms with van der Waals surface area (Å²) < 4.78 is 31.9. The van der Waals surface area contributed by atoms with Crippen LogP contribution in [-0.4, -0.2) is 30.0 Å². The number of aliphatic carboxylic acids is 1. The summed E-state index contributed by atoms with van der Waals surface area (Å²) in [7, 11) is 0. The van der Waals surface area contributed by atoms with Gasteiger partial charge in [0.05, 0.1) is 5.57 Å². The van der Waals surface area contributed by atoms with Gasteiger partial charge in [-0.2, -0.15) is 0 Å². The molecule has 2 atom stereocenters. The van der Waals surface area contributed by atoms with E-state index < -0.39 is 24.9 Å². The van der Waals surface area contributed by atoms with Crippen molar-refractivity contribution in [3.8, 4) is 16.9 Å². The van der Waals surface area contributed by atoms with E-state index in [1.54, 1.807) is 12.1 Å². The van der Waals surface area contributed by atoms with Gasteiger partial charge < -0.3 is 9.84 Å². The summed E-state index contributed by atoms with van der Waals surface area (Å²) in [6, 6.07) is 12.4. The summed E-state index contributed by atoms with van der Waals surface area (Å²) in [6.07, 6.45) is -2.28. The fourth-order valence-electron chi connectivity index (χ4n) is 2.61. The SMILES string of the molecule is O=C(O)C1=Cc2cc(Cl)c(-c3ccccc3)cc2OC1C(F)CF. The van der Waals surface area contributed by atoms with Gasteiger partial charge in [0.2, 0.25) is 0 Å². The van der Waals surface area contributed by atoms with E-state index in [2.05, 4.69) is 0 Å². The molecule has 1 aliphatic heterocycles. The van der Waals surface area contributed by atoms with Crippen molar-refractivity contribution in [1.82, 2.24) is 0 Å². The minimum atomic E-state index is -2.06. The zero-order valence-electron chi connectivity index (χ0n) is 12.4. The van der Waals surface area contributed by atoms with Gasteiger partial charge in [0.1, 0.15) is 12.4 Å². The van der Waals surface area contributed by atoms with Crippen molar-refractivity contribution in [2.24, 2.45) is 0 Å². The molecule has 1 aliphatic rings. The molecular formula is C18H13ClF2O3. The average Bonchev–Trinajstić information content (AvgIpc) is 2.60. The first kappa shape index (κ1) is 16.5. The molecule has 0 saturated carbocycles. The van der Waals surface area contributed by atoms with Crippen LogP contribution < -0.4 is 4.74 Å². The number of hydrogen-bond acceptors (Lipinski definition) is 2. The molecule has 124 valence electrons. The lowest BCUT2D eigenvalue weighted by atomic mass is 9.96. The fraction of sp³-hybridized carbons (Fsp3) is 0.167. The van der Waals surface area contributed by atoms with E-state index in [0.29, 0.717) is 16.1 Å². The monoisotopic (exact) mass is 350 g/mol. The molecule has 1 heterocycles. The van der Waals surface area contributed by atoms with Crippen molar-refractivity contribution >= 4 is 23.6 Å². The van der Waals surface area contributed by atoms with Gasteiger partial charge in [-0.1, -0.05) is 41.9 Å². The van der Waals surface area contributed by atoms with Crippen LogP contribution in [0.5, 0.6) is 5.75 Å². The Morgan fingerprint density at radius 2 is 2.00 bits per heavy atom. The minimum Gasteiger partial charge on any atom is -0.482 e. The molecule has 0 saturated heterocycles. The van der Waals surface area contributed by atoms with Crippen molar-refractivity contribution in [3.63, 3.8) is 0 Å². The predicted octanol–water partition coefficient (Wildman–Crippen LogP) is 4.54. The summed E-state index contributed by atoms with van der Waals surface area (Å²) in [5, 5.41) is 9.62. The maximum atomic E-state index is 13.8. The molecule has 0 spiro atoms. The fourth-order valence-corrected chi connectivity index (χ4v) is 2.89. The van der Waals surface area contributed by atoms with Gasteiger partial charge in [-0.05, 0) is 23.8 Å². The third-order valence-corrected chi connectivity index (χ3v) is 4.09. The smallest absolute Gasteiger partial charge is 0.335 e. The molecule has 0 bridgehead atoms. The number of benzene rings is 2. The third kappa shape index (κ3) is 2.99. The highest BCUT2D eigenvalue weighted by molar-refractivity contribution is 6.33. The standard InChI is InChI=1S/C18H13ClF2O3/c19-14-7-11-6-13(18(22)23)17(15(21)9-20)24-16(11)8-12(14)10-4-2-1-3-5-10/h1-8,15,17H,9H2,(H,22,23). The molecule has 3 rings (SSSR count). The van der Waals surface area contributed by atoms with E-state index in [0.717, 1.165) is 5.56 Å². The second-order valence-electron chi connectivity index (χ2n) is 5.35. The minimum absolute atomic E-state index is 0.268. The van der Waals surface area contributed by atoms with Crippen molar-refractivity contribution in [2.75, 3.05) is 6.67 Å². The Bertz CT molecular complexity index is 805. The highest BCUT2D eigenvalue weighted by Gasteiger charge is 2.35. The van der Waals surface area contributed by atoms with Crippen LogP contribution in [0.2, 0.25) is 5.02 Å². The van der Waals surface area contributed by atoms with E-state index in [-0.39, 0.29) is 11.3 Å². The summed E-state index contributed by atoms with van der Waals surface area (Å²) in [5.41, 5.74) is 1.58. The Morgan fingerprint density at radius 1 is 1.29 bits per heavy atom. The Morgan fingerprint density at radius 3 is 2.62 bits per heavy atom.